The Morgan fingerprint density at radius 1 is 1.29 bits per heavy atom. The van der Waals surface area contributed by atoms with Crippen molar-refractivity contribution in [1.29, 1.82) is 0 Å². The topological polar surface area (TPSA) is 65.7 Å². The van der Waals surface area contributed by atoms with Crippen molar-refractivity contribution in [3.8, 4) is 5.75 Å². The third-order valence-corrected chi connectivity index (χ3v) is 2.45. The van der Waals surface area contributed by atoms with Crippen molar-refractivity contribution in [2.24, 2.45) is 0 Å². The number of hydrogen-bond donors (Lipinski definition) is 2. The average Bonchev–Trinajstić information content (AvgIpc) is 2.36. The van der Waals surface area contributed by atoms with Crippen LogP contribution in [0.15, 0.2) is 18.2 Å². The molecule has 5 nitrogen and oxygen atoms in total. The van der Waals surface area contributed by atoms with Crippen LogP contribution in [-0.4, -0.2) is 40.6 Å². The normalized spacial score (nSPS) is 12.2. The lowest BCUT2D eigenvalue weighted by Crippen LogP contribution is -2.26. The van der Waals surface area contributed by atoms with Crippen LogP contribution >= 0.6 is 0 Å². The third kappa shape index (κ3) is 4.13. The Hall–Kier alpha value is -1.46. The van der Waals surface area contributed by atoms with Gasteiger partial charge in [-0.2, -0.15) is 0 Å². The van der Waals surface area contributed by atoms with Gasteiger partial charge in [0.25, 0.3) is 0 Å². The molecule has 0 fully saturated rings. The first-order valence-corrected chi connectivity index (χ1v) is 5.40. The van der Waals surface area contributed by atoms with E-state index in [0.29, 0.717) is 24.6 Å². The fourth-order valence-electron chi connectivity index (χ4n) is 1.45. The van der Waals surface area contributed by atoms with Gasteiger partial charge < -0.3 is 25.3 Å². The predicted molar refractivity (Wildman–Crippen MR) is 68.6 cm³/mol. The molecule has 1 aromatic rings. The number of anilines is 2. The van der Waals surface area contributed by atoms with Gasteiger partial charge in [0.1, 0.15) is 5.75 Å². The summed E-state index contributed by atoms with van der Waals surface area (Å²) in [6.07, 6.45) is 0.0172. The van der Waals surface area contributed by atoms with Crippen LogP contribution in [0.4, 0.5) is 11.4 Å². The molecule has 1 atom stereocenters. The van der Waals surface area contributed by atoms with Crippen molar-refractivity contribution < 1.29 is 14.2 Å². The van der Waals surface area contributed by atoms with E-state index in [-0.39, 0.29) is 6.10 Å². The molecule has 0 bridgehead atoms. The molecule has 96 valence electrons. The van der Waals surface area contributed by atoms with Crippen molar-refractivity contribution in [3.05, 3.63) is 18.2 Å². The Labute approximate surface area is 102 Å². The molecular weight excluding hydrogens is 220 g/mol. The number of rotatable bonds is 7. The molecule has 3 N–H and O–H groups in total. The summed E-state index contributed by atoms with van der Waals surface area (Å²) >= 11 is 0. The lowest BCUT2D eigenvalue weighted by atomic mass is 10.2. The van der Waals surface area contributed by atoms with Gasteiger partial charge in [0.2, 0.25) is 0 Å². The van der Waals surface area contributed by atoms with Crippen LogP contribution in [0.5, 0.6) is 5.75 Å². The highest BCUT2D eigenvalue weighted by Crippen LogP contribution is 2.24. The van der Waals surface area contributed by atoms with Crippen LogP contribution in [0.3, 0.4) is 0 Å². The highest BCUT2D eigenvalue weighted by molar-refractivity contribution is 5.61. The maximum absolute atomic E-state index is 5.73. The van der Waals surface area contributed by atoms with E-state index in [1.54, 1.807) is 27.4 Å². The van der Waals surface area contributed by atoms with Crippen LogP contribution in [0.1, 0.15) is 0 Å². The van der Waals surface area contributed by atoms with E-state index in [0.717, 1.165) is 5.69 Å². The molecular formula is C12H20N2O3. The first-order chi connectivity index (χ1) is 8.21. The minimum atomic E-state index is 0.0172. The van der Waals surface area contributed by atoms with Crippen LogP contribution in [0.25, 0.3) is 0 Å². The first kappa shape index (κ1) is 13.6. The maximum atomic E-state index is 5.73. The molecule has 0 saturated carbocycles. The van der Waals surface area contributed by atoms with Gasteiger partial charge >= 0.3 is 0 Å². The highest BCUT2D eigenvalue weighted by atomic mass is 16.5. The van der Waals surface area contributed by atoms with Gasteiger partial charge in [-0.15, -0.1) is 0 Å². The minimum absolute atomic E-state index is 0.0172. The molecule has 1 aromatic carbocycles. The van der Waals surface area contributed by atoms with Crippen molar-refractivity contribution in [3.63, 3.8) is 0 Å². The summed E-state index contributed by atoms with van der Waals surface area (Å²) in [6.45, 7) is 1.22. The van der Waals surface area contributed by atoms with Gasteiger partial charge in [0.15, 0.2) is 0 Å². The van der Waals surface area contributed by atoms with E-state index >= 15 is 0 Å². The van der Waals surface area contributed by atoms with E-state index in [9.17, 15) is 0 Å². The summed E-state index contributed by atoms with van der Waals surface area (Å²) < 4.78 is 15.4. The number of nitrogens with one attached hydrogen (secondary N) is 1. The van der Waals surface area contributed by atoms with Crippen molar-refractivity contribution in [2.75, 3.05) is 45.5 Å². The molecule has 1 unspecified atom stereocenters. The number of nitrogen functional groups attached to an aromatic ring is 1. The van der Waals surface area contributed by atoms with Crippen LogP contribution in [-0.2, 0) is 9.47 Å². The molecule has 0 saturated heterocycles. The van der Waals surface area contributed by atoms with Gasteiger partial charge in [-0.3, -0.25) is 0 Å². The standard InChI is InChI=1S/C12H20N2O3/c1-15-8-10(16-2)7-14-9-4-5-11(13)12(6-9)17-3/h4-6,10,14H,7-8,13H2,1-3H3. The maximum Gasteiger partial charge on any atom is 0.143 e. The predicted octanol–water partition coefficient (Wildman–Crippen LogP) is 1.35. The summed E-state index contributed by atoms with van der Waals surface area (Å²) in [5.41, 5.74) is 7.29. The molecule has 0 aliphatic carbocycles. The highest BCUT2D eigenvalue weighted by Gasteiger charge is 2.07. The number of hydrogen-bond acceptors (Lipinski definition) is 5. The molecule has 0 spiro atoms. The lowest BCUT2D eigenvalue weighted by Gasteiger charge is -2.16. The van der Waals surface area contributed by atoms with Crippen LogP contribution < -0.4 is 15.8 Å². The van der Waals surface area contributed by atoms with E-state index < -0.39 is 0 Å². The number of ether oxygens (including phenoxy) is 3. The van der Waals surface area contributed by atoms with Crippen molar-refractivity contribution in [2.45, 2.75) is 6.10 Å². The van der Waals surface area contributed by atoms with Crippen molar-refractivity contribution >= 4 is 11.4 Å². The first-order valence-electron chi connectivity index (χ1n) is 5.40. The smallest absolute Gasteiger partial charge is 0.143 e. The molecule has 0 aliphatic rings. The second-order valence-corrected chi connectivity index (χ2v) is 3.65. The molecule has 0 heterocycles. The van der Waals surface area contributed by atoms with E-state index in [1.807, 2.05) is 12.1 Å². The van der Waals surface area contributed by atoms with Crippen molar-refractivity contribution in [1.82, 2.24) is 0 Å². The van der Waals surface area contributed by atoms with Gasteiger partial charge in [-0.25, -0.2) is 0 Å². The zero-order valence-corrected chi connectivity index (χ0v) is 10.5. The zero-order valence-electron chi connectivity index (χ0n) is 10.5. The monoisotopic (exact) mass is 240 g/mol. The average molecular weight is 240 g/mol. The Bertz CT molecular complexity index is 345. The Morgan fingerprint density at radius 2 is 2.06 bits per heavy atom. The molecule has 0 radical (unpaired) electrons. The summed E-state index contributed by atoms with van der Waals surface area (Å²) in [7, 11) is 4.91. The summed E-state index contributed by atoms with van der Waals surface area (Å²) in [6, 6.07) is 5.56. The van der Waals surface area contributed by atoms with Gasteiger partial charge in [0.05, 0.1) is 25.5 Å². The van der Waals surface area contributed by atoms with E-state index in [1.165, 1.54) is 0 Å². The molecule has 5 heteroatoms. The molecule has 17 heavy (non-hydrogen) atoms. The number of benzene rings is 1. The van der Waals surface area contributed by atoms with Gasteiger partial charge in [-0.05, 0) is 12.1 Å². The number of methoxy groups -OCH3 is 3. The summed E-state index contributed by atoms with van der Waals surface area (Å²) in [5.74, 6) is 0.663. The van der Waals surface area contributed by atoms with Gasteiger partial charge in [0, 0.05) is 32.5 Å². The minimum Gasteiger partial charge on any atom is -0.495 e. The Kier molecular flexibility index (Phi) is 5.59. The molecule has 0 aromatic heterocycles. The van der Waals surface area contributed by atoms with Crippen LogP contribution in [0, 0.1) is 0 Å². The number of nitrogens with two attached hydrogens (primary N) is 1. The Morgan fingerprint density at radius 3 is 2.65 bits per heavy atom. The fraction of sp³-hybridized carbons (Fsp3) is 0.500. The SMILES string of the molecule is COCC(CNc1ccc(N)c(OC)c1)OC. The molecule has 0 amide bonds. The van der Waals surface area contributed by atoms with E-state index in [4.69, 9.17) is 19.9 Å². The second-order valence-electron chi connectivity index (χ2n) is 3.65. The quantitative estimate of drug-likeness (QED) is 0.704. The fourth-order valence-corrected chi connectivity index (χ4v) is 1.45. The van der Waals surface area contributed by atoms with Crippen LogP contribution in [0.2, 0.25) is 0 Å². The Balaban J connectivity index is 2.56. The summed E-state index contributed by atoms with van der Waals surface area (Å²) in [5, 5.41) is 3.24. The molecule has 1 rings (SSSR count). The third-order valence-electron chi connectivity index (χ3n) is 2.45. The lowest BCUT2D eigenvalue weighted by molar-refractivity contribution is 0.0365. The largest absolute Gasteiger partial charge is 0.495 e. The van der Waals surface area contributed by atoms with E-state index in [2.05, 4.69) is 5.32 Å². The van der Waals surface area contributed by atoms with Gasteiger partial charge in [-0.1, -0.05) is 0 Å². The summed E-state index contributed by atoms with van der Waals surface area (Å²) in [4.78, 5) is 0. The second kappa shape index (κ2) is 6.98. The zero-order chi connectivity index (χ0) is 12.7. The molecule has 0 aliphatic heterocycles.